The molecule has 2 N–H and O–H groups in total. The summed E-state index contributed by atoms with van der Waals surface area (Å²) in [5.74, 6) is -0.114. The number of hydrogen-bond acceptors (Lipinski definition) is 5. The fourth-order valence-electron chi connectivity index (χ4n) is 3.87. The van der Waals surface area contributed by atoms with Crippen LogP contribution in [0.3, 0.4) is 0 Å². The number of piperidine rings is 1. The molecular weight excluding hydrogens is 318 g/mol. The van der Waals surface area contributed by atoms with E-state index in [1.54, 1.807) is 0 Å². The minimum absolute atomic E-state index is 0.0117. The first-order valence-electron chi connectivity index (χ1n) is 8.99. The van der Waals surface area contributed by atoms with E-state index in [0.717, 1.165) is 51.1 Å². The van der Waals surface area contributed by atoms with Gasteiger partial charge < -0.3 is 15.5 Å². The van der Waals surface area contributed by atoms with Gasteiger partial charge in [0.1, 0.15) is 0 Å². The fourth-order valence-corrected chi connectivity index (χ4v) is 3.87. The number of pyridine rings is 1. The Balaban J connectivity index is 1.54. The SMILES string of the molecule is Cc1cnccc1N1CCN(C(=O)[C@@H]2CCCN(CC(N)=O)C2)CC1. The molecule has 1 aromatic heterocycles. The lowest BCUT2D eigenvalue weighted by Gasteiger charge is -2.39. The predicted molar refractivity (Wildman–Crippen MR) is 96.1 cm³/mol. The van der Waals surface area contributed by atoms with Crippen LogP contribution in [0.5, 0.6) is 0 Å². The molecule has 25 heavy (non-hydrogen) atoms. The molecule has 1 atom stereocenters. The molecule has 2 saturated heterocycles. The third kappa shape index (κ3) is 4.28. The maximum absolute atomic E-state index is 12.8. The minimum atomic E-state index is -0.325. The summed E-state index contributed by atoms with van der Waals surface area (Å²) in [5, 5.41) is 0. The highest BCUT2D eigenvalue weighted by Crippen LogP contribution is 2.22. The molecule has 3 rings (SSSR count). The van der Waals surface area contributed by atoms with Gasteiger partial charge in [0.2, 0.25) is 11.8 Å². The average Bonchev–Trinajstić information content (AvgIpc) is 2.61. The summed E-state index contributed by atoms with van der Waals surface area (Å²) in [6.45, 7) is 6.98. The molecule has 0 radical (unpaired) electrons. The molecular formula is C18H27N5O2. The van der Waals surface area contributed by atoms with Gasteiger partial charge in [-0.3, -0.25) is 19.5 Å². The van der Waals surface area contributed by atoms with E-state index in [1.165, 1.54) is 5.69 Å². The van der Waals surface area contributed by atoms with Gasteiger partial charge in [0.05, 0.1) is 12.5 Å². The maximum Gasteiger partial charge on any atom is 0.231 e. The summed E-state index contributed by atoms with van der Waals surface area (Å²) >= 11 is 0. The average molecular weight is 345 g/mol. The largest absolute Gasteiger partial charge is 0.369 e. The smallest absolute Gasteiger partial charge is 0.231 e. The van der Waals surface area contributed by atoms with Gasteiger partial charge in [0.15, 0.2) is 0 Å². The number of piperazine rings is 1. The molecule has 0 saturated carbocycles. The number of aryl methyl sites for hydroxylation is 1. The van der Waals surface area contributed by atoms with Crippen molar-refractivity contribution in [2.45, 2.75) is 19.8 Å². The lowest BCUT2D eigenvalue weighted by atomic mass is 9.96. The number of nitrogens with zero attached hydrogens (tertiary/aromatic N) is 4. The van der Waals surface area contributed by atoms with E-state index in [2.05, 4.69) is 16.8 Å². The highest BCUT2D eigenvalue weighted by molar-refractivity contribution is 5.80. The summed E-state index contributed by atoms with van der Waals surface area (Å²) in [5.41, 5.74) is 7.65. The Morgan fingerprint density at radius 1 is 1.24 bits per heavy atom. The molecule has 2 aliphatic heterocycles. The number of carbonyl (C=O) groups excluding carboxylic acids is 2. The van der Waals surface area contributed by atoms with Crippen LogP contribution in [0.25, 0.3) is 0 Å². The van der Waals surface area contributed by atoms with Crippen molar-refractivity contribution < 1.29 is 9.59 Å². The predicted octanol–water partition coefficient (Wildman–Crippen LogP) is 0.236. The summed E-state index contributed by atoms with van der Waals surface area (Å²) in [4.78, 5) is 34.4. The Labute approximate surface area is 148 Å². The molecule has 1 aromatic rings. The third-order valence-electron chi connectivity index (χ3n) is 5.16. The number of carbonyl (C=O) groups is 2. The summed E-state index contributed by atoms with van der Waals surface area (Å²) < 4.78 is 0. The topological polar surface area (TPSA) is 82.8 Å². The molecule has 0 bridgehead atoms. The van der Waals surface area contributed by atoms with Crippen molar-refractivity contribution >= 4 is 17.5 Å². The molecule has 7 heteroatoms. The fraction of sp³-hybridized carbons (Fsp3) is 0.611. The summed E-state index contributed by atoms with van der Waals surface area (Å²) in [7, 11) is 0. The number of anilines is 1. The highest BCUT2D eigenvalue weighted by Gasteiger charge is 2.31. The number of nitrogens with two attached hydrogens (primary N) is 1. The Kier molecular flexibility index (Phi) is 5.53. The number of rotatable bonds is 4. The van der Waals surface area contributed by atoms with Crippen molar-refractivity contribution in [1.82, 2.24) is 14.8 Å². The zero-order chi connectivity index (χ0) is 17.8. The van der Waals surface area contributed by atoms with Crippen molar-refractivity contribution in [3.05, 3.63) is 24.0 Å². The van der Waals surface area contributed by atoms with Crippen molar-refractivity contribution in [1.29, 1.82) is 0 Å². The molecule has 0 spiro atoms. The van der Waals surface area contributed by atoms with Gasteiger partial charge in [-0.15, -0.1) is 0 Å². The van der Waals surface area contributed by atoms with E-state index in [0.29, 0.717) is 6.54 Å². The second-order valence-electron chi connectivity index (χ2n) is 7.02. The van der Waals surface area contributed by atoms with E-state index in [-0.39, 0.29) is 24.3 Å². The third-order valence-corrected chi connectivity index (χ3v) is 5.16. The van der Waals surface area contributed by atoms with Crippen molar-refractivity contribution in [2.75, 3.05) is 50.7 Å². The van der Waals surface area contributed by atoms with Crippen LogP contribution < -0.4 is 10.6 Å². The summed E-state index contributed by atoms with van der Waals surface area (Å²) in [6, 6.07) is 2.04. The van der Waals surface area contributed by atoms with Crippen LogP contribution >= 0.6 is 0 Å². The van der Waals surface area contributed by atoms with Crippen molar-refractivity contribution in [3.8, 4) is 0 Å². The van der Waals surface area contributed by atoms with Crippen LogP contribution in [0.4, 0.5) is 5.69 Å². The monoisotopic (exact) mass is 345 g/mol. The molecule has 2 aliphatic rings. The molecule has 7 nitrogen and oxygen atoms in total. The lowest BCUT2D eigenvalue weighted by molar-refractivity contribution is -0.138. The Bertz CT molecular complexity index is 628. The van der Waals surface area contributed by atoms with Crippen LogP contribution in [-0.2, 0) is 9.59 Å². The zero-order valence-corrected chi connectivity index (χ0v) is 14.9. The number of likely N-dealkylation sites (tertiary alicyclic amines) is 1. The molecule has 2 fully saturated rings. The van der Waals surface area contributed by atoms with Crippen LogP contribution in [0.1, 0.15) is 18.4 Å². The van der Waals surface area contributed by atoms with E-state index >= 15 is 0 Å². The van der Waals surface area contributed by atoms with Gasteiger partial charge in [-0.2, -0.15) is 0 Å². The molecule has 0 aromatic carbocycles. The minimum Gasteiger partial charge on any atom is -0.369 e. The standard InChI is InChI=1S/C18H27N5O2/c1-14-11-20-5-4-16(14)22-7-9-23(10-8-22)18(25)15-3-2-6-21(12-15)13-17(19)24/h4-5,11,15H,2-3,6-10,12-13H2,1H3,(H2,19,24)/t15-/m1/s1. The van der Waals surface area contributed by atoms with E-state index in [9.17, 15) is 9.59 Å². The lowest BCUT2D eigenvalue weighted by Crippen LogP contribution is -2.53. The van der Waals surface area contributed by atoms with E-state index < -0.39 is 0 Å². The Morgan fingerprint density at radius 2 is 2.00 bits per heavy atom. The van der Waals surface area contributed by atoms with E-state index in [4.69, 9.17) is 5.73 Å². The first-order chi connectivity index (χ1) is 12.0. The highest BCUT2D eigenvalue weighted by atomic mass is 16.2. The number of aromatic nitrogens is 1. The molecule has 3 heterocycles. The van der Waals surface area contributed by atoms with Crippen LogP contribution in [0, 0.1) is 12.8 Å². The van der Waals surface area contributed by atoms with Gasteiger partial charge in [-0.05, 0) is 37.9 Å². The zero-order valence-electron chi connectivity index (χ0n) is 14.9. The van der Waals surface area contributed by atoms with Crippen LogP contribution in [0.2, 0.25) is 0 Å². The first-order valence-corrected chi connectivity index (χ1v) is 8.99. The number of primary amides is 1. The molecule has 2 amide bonds. The first kappa shape index (κ1) is 17.7. The second-order valence-corrected chi connectivity index (χ2v) is 7.02. The second kappa shape index (κ2) is 7.82. The number of hydrogen-bond donors (Lipinski definition) is 1. The summed E-state index contributed by atoms with van der Waals surface area (Å²) in [6.07, 6.45) is 5.54. The van der Waals surface area contributed by atoms with Gasteiger partial charge in [-0.25, -0.2) is 0 Å². The van der Waals surface area contributed by atoms with Crippen LogP contribution in [-0.4, -0.2) is 72.4 Å². The van der Waals surface area contributed by atoms with Crippen molar-refractivity contribution in [2.24, 2.45) is 11.7 Å². The van der Waals surface area contributed by atoms with Crippen molar-refractivity contribution in [3.63, 3.8) is 0 Å². The Morgan fingerprint density at radius 3 is 2.68 bits per heavy atom. The Hall–Kier alpha value is -2.15. The maximum atomic E-state index is 12.8. The van der Waals surface area contributed by atoms with E-state index in [1.807, 2.05) is 28.3 Å². The van der Waals surface area contributed by atoms with Gasteiger partial charge in [-0.1, -0.05) is 0 Å². The van der Waals surface area contributed by atoms with Gasteiger partial charge in [0.25, 0.3) is 0 Å². The van der Waals surface area contributed by atoms with Crippen LogP contribution in [0.15, 0.2) is 18.5 Å². The van der Waals surface area contributed by atoms with Gasteiger partial charge in [0, 0.05) is 50.8 Å². The normalized spacial score (nSPS) is 22.0. The van der Waals surface area contributed by atoms with Gasteiger partial charge >= 0.3 is 0 Å². The quantitative estimate of drug-likeness (QED) is 0.845. The number of amides is 2. The molecule has 0 aliphatic carbocycles. The molecule has 0 unspecified atom stereocenters. The molecule has 136 valence electrons.